The Labute approximate surface area is 170 Å². The van der Waals surface area contributed by atoms with Crippen LogP contribution in [0.3, 0.4) is 0 Å². The van der Waals surface area contributed by atoms with Crippen molar-refractivity contribution in [3.63, 3.8) is 0 Å². The molecule has 29 heavy (non-hydrogen) atoms. The number of hydrogen-bond donors (Lipinski definition) is 3. The van der Waals surface area contributed by atoms with Gasteiger partial charge in [0.2, 0.25) is 0 Å². The van der Waals surface area contributed by atoms with E-state index in [2.05, 4.69) is 10.7 Å². The van der Waals surface area contributed by atoms with Crippen molar-refractivity contribution in [3.8, 4) is 0 Å². The molecule has 2 aromatic carbocycles. The van der Waals surface area contributed by atoms with Crippen LogP contribution >= 0.6 is 0 Å². The van der Waals surface area contributed by atoms with Gasteiger partial charge in [-0.2, -0.15) is 5.01 Å². The number of quaternary nitrogens is 1. The van der Waals surface area contributed by atoms with Crippen LogP contribution in [-0.4, -0.2) is 42.0 Å². The summed E-state index contributed by atoms with van der Waals surface area (Å²) < 4.78 is 0. The Balaban J connectivity index is 1.54. The minimum absolute atomic E-state index is 0.146. The second kappa shape index (κ2) is 8.87. The van der Waals surface area contributed by atoms with Gasteiger partial charge in [-0.25, -0.2) is 4.79 Å². The molecule has 0 bridgehead atoms. The van der Waals surface area contributed by atoms with Gasteiger partial charge >= 0.3 is 6.03 Å². The molecule has 0 radical (unpaired) electrons. The Kier molecular flexibility index (Phi) is 6.29. The molecule has 0 saturated carbocycles. The molecule has 3 rings (SSSR count). The highest BCUT2D eigenvalue weighted by molar-refractivity contribution is 6.07. The highest BCUT2D eigenvalue weighted by Crippen LogP contribution is 2.22. The van der Waals surface area contributed by atoms with Crippen LogP contribution in [-0.2, 0) is 22.6 Å². The largest absolute Gasteiger partial charge is 0.344 e. The summed E-state index contributed by atoms with van der Waals surface area (Å²) >= 11 is 0. The monoisotopic (exact) mass is 395 g/mol. The van der Waals surface area contributed by atoms with Gasteiger partial charge in [0.25, 0.3) is 11.8 Å². The summed E-state index contributed by atoms with van der Waals surface area (Å²) in [5.74, 6) is -0.818. The van der Waals surface area contributed by atoms with E-state index in [-0.39, 0.29) is 12.5 Å². The average Bonchev–Trinajstić information content (AvgIpc) is 2.91. The summed E-state index contributed by atoms with van der Waals surface area (Å²) in [7, 11) is 1.89. The fraction of sp³-hybridized carbons (Fsp3) is 0.318. The fourth-order valence-electron chi connectivity index (χ4n) is 3.44. The molecule has 1 heterocycles. The molecule has 2 aromatic rings. The number of amides is 4. The SMILES string of the molecule is C[NH+](CC(=O)NN1C(=O)N[C@](C)(CCc2ccccc2)C1=O)Cc1ccccc1. The number of rotatable bonds is 8. The van der Waals surface area contributed by atoms with E-state index in [1.807, 2.05) is 67.7 Å². The van der Waals surface area contributed by atoms with E-state index in [4.69, 9.17) is 0 Å². The lowest BCUT2D eigenvalue weighted by Gasteiger charge is -2.22. The second-order valence-corrected chi connectivity index (χ2v) is 7.72. The van der Waals surface area contributed by atoms with Gasteiger partial charge < -0.3 is 10.2 Å². The molecule has 1 aliphatic rings. The van der Waals surface area contributed by atoms with Crippen molar-refractivity contribution in [2.45, 2.75) is 31.8 Å². The molecule has 1 saturated heterocycles. The van der Waals surface area contributed by atoms with Crippen LogP contribution in [0.2, 0.25) is 0 Å². The average molecular weight is 395 g/mol. The second-order valence-electron chi connectivity index (χ2n) is 7.72. The normalized spacial score (nSPS) is 19.7. The maximum absolute atomic E-state index is 12.8. The molecule has 7 nitrogen and oxygen atoms in total. The number of carbonyl (C=O) groups is 3. The van der Waals surface area contributed by atoms with Gasteiger partial charge in [0.1, 0.15) is 12.1 Å². The lowest BCUT2D eigenvalue weighted by Crippen LogP contribution is -3.09. The van der Waals surface area contributed by atoms with Crippen LogP contribution in [0.15, 0.2) is 60.7 Å². The smallest absolute Gasteiger partial charge is 0.326 e. The molecule has 1 aliphatic heterocycles. The Morgan fingerprint density at radius 3 is 2.24 bits per heavy atom. The van der Waals surface area contributed by atoms with Crippen LogP contribution in [0.5, 0.6) is 0 Å². The third-order valence-corrected chi connectivity index (χ3v) is 5.07. The summed E-state index contributed by atoms with van der Waals surface area (Å²) in [6, 6.07) is 19.0. The van der Waals surface area contributed by atoms with Crippen molar-refractivity contribution in [2.75, 3.05) is 13.6 Å². The van der Waals surface area contributed by atoms with Gasteiger partial charge in [0.15, 0.2) is 6.54 Å². The van der Waals surface area contributed by atoms with Crippen molar-refractivity contribution in [3.05, 3.63) is 71.8 Å². The first kappa shape index (κ1) is 20.5. The van der Waals surface area contributed by atoms with Crippen molar-refractivity contribution in [2.24, 2.45) is 0 Å². The van der Waals surface area contributed by atoms with E-state index in [1.165, 1.54) is 0 Å². The lowest BCUT2D eigenvalue weighted by molar-refractivity contribution is -0.885. The van der Waals surface area contributed by atoms with Gasteiger partial charge in [-0.3, -0.25) is 15.0 Å². The molecule has 152 valence electrons. The number of benzene rings is 2. The highest BCUT2D eigenvalue weighted by Gasteiger charge is 2.48. The Morgan fingerprint density at radius 1 is 1.03 bits per heavy atom. The molecule has 7 heteroatoms. The summed E-state index contributed by atoms with van der Waals surface area (Å²) in [5.41, 5.74) is 3.62. The van der Waals surface area contributed by atoms with Crippen molar-refractivity contribution in [1.29, 1.82) is 0 Å². The number of likely N-dealkylation sites (N-methyl/N-ethyl adjacent to an activating group) is 1. The van der Waals surface area contributed by atoms with Crippen LogP contribution in [0, 0.1) is 0 Å². The first-order valence-corrected chi connectivity index (χ1v) is 9.73. The van der Waals surface area contributed by atoms with E-state index in [9.17, 15) is 14.4 Å². The molecule has 0 aromatic heterocycles. The van der Waals surface area contributed by atoms with Crippen LogP contribution < -0.4 is 15.6 Å². The predicted octanol–water partition coefficient (Wildman–Crippen LogP) is 0.676. The summed E-state index contributed by atoms with van der Waals surface area (Å²) in [6.07, 6.45) is 1.10. The minimum atomic E-state index is -1.04. The van der Waals surface area contributed by atoms with Crippen molar-refractivity contribution >= 4 is 17.8 Å². The van der Waals surface area contributed by atoms with Crippen LogP contribution in [0.1, 0.15) is 24.5 Å². The summed E-state index contributed by atoms with van der Waals surface area (Å²) in [4.78, 5) is 38.4. The Morgan fingerprint density at radius 2 is 1.62 bits per heavy atom. The van der Waals surface area contributed by atoms with Crippen LogP contribution in [0.4, 0.5) is 4.79 Å². The zero-order valence-electron chi connectivity index (χ0n) is 16.8. The number of aryl methyl sites for hydroxylation is 1. The summed E-state index contributed by atoms with van der Waals surface area (Å²) in [5, 5.41) is 3.52. The maximum Gasteiger partial charge on any atom is 0.344 e. The maximum atomic E-state index is 12.8. The molecule has 0 spiro atoms. The number of nitrogens with zero attached hydrogens (tertiary/aromatic N) is 1. The predicted molar refractivity (Wildman–Crippen MR) is 109 cm³/mol. The van der Waals surface area contributed by atoms with Gasteiger partial charge in [-0.05, 0) is 25.3 Å². The van der Waals surface area contributed by atoms with Crippen LogP contribution in [0.25, 0.3) is 0 Å². The molecule has 3 N–H and O–H groups in total. The third-order valence-electron chi connectivity index (χ3n) is 5.07. The number of urea groups is 1. The van der Waals surface area contributed by atoms with E-state index in [0.29, 0.717) is 19.4 Å². The molecule has 2 atom stereocenters. The van der Waals surface area contributed by atoms with Crippen molar-refractivity contribution < 1.29 is 19.3 Å². The molecule has 1 fully saturated rings. The zero-order valence-corrected chi connectivity index (χ0v) is 16.8. The first-order valence-electron chi connectivity index (χ1n) is 9.73. The highest BCUT2D eigenvalue weighted by atomic mass is 16.2. The number of carbonyl (C=O) groups excluding carboxylic acids is 3. The quantitative estimate of drug-likeness (QED) is 0.575. The van der Waals surface area contributed by atoms with E-state index < -0.39 is 17.5 Å². The van der Waals surface area contributed by atoms with Crippen molar-refractivity contribution in [1.82, 2.24) is 15.8 Å². The molecular weight excluding hydrogens is 368 g/mol. The fourth-order valence-corrected chi connectivity index (χ4v) is 3.44. The number of hydrogen-bond acceptors (Lipinski definition) is 3. The van der Waals surface area contributed by atoms with E-state index >= 15 is 0 Å². The molecule has 4 amide bonds. The standard InChI is InChI=1S/C22H26N4O3/c1-22(14-13-17-9-5-3-6-10-17)20(28)26(21(29)23-22)24-19(27)16-25(2)15-18-11-7-4-8-12-18/h3-12H,13-16H2,1-2H3,(H,23,29)(H,24,27)/p+1/t22-/m1/s1. The molecular formula is C22H27N4O3+. The number of nitrogens with one attached hydrogen (secondary N) is 3. The van der Waals surface area contributed by atoms with Gasteiger partial charge in [-0.15, -0.1) is 0 Å². The topological polar surface area (TPSA) is 82.9 Å². The van der Waals surface area contributed by atoms with E-state index in [0.717, 1.165) is 21.0 Å². The van der Waals surface area contributed by atoms with Gasteiger partial charge in [0, 0.05) is 5.56 Å². The summed E-state index contributed by atoms with van der Waals surface area (Å²) in [6.45, 7) is 2.50. The zero-order chi connectivity index (χ0) is 20.9. The molecule has 0 aliphatic carbocycles. The van der Waals surface area contributed by atoms with Gasteiger partial charge in [0.05, 0.1) is 7.05 Å². The number of imide groups is 1. The Bertz CT molecular complexity index is 872. The lowest BCUT2D eigenvalue weighted by atomic mass is 9.93. The van der Waals surface area contributed by atoms with Gasteiger partial charge in [-0.1, -0.05) is 60.7 Å². The number of hydrazine groups is 1. The Hall–Kier alpha value is -3.19. The van der Waals surface area contributed by atoms with E-state index in [1.54, 1.807) is 6.92 Å². The molecule has 1 unspecified atom stereocenters. The third kappa shape index (κ3) is 5.20. The minimum Gasteiger partial charge on any atom is -0.326 e. The first-order chi connectivity index (χ1) is 13.9.